The summed E-state index contributed by atoms with van der Waals surface area (Å²) in [5.74, 6) is -1.10. The molecule has 0 aliphatic carbocycles. The van der Waals surface area contributed by atoms with Gasteiger partial charge in [-0.3, -0.25) is 4.79 Å². The highest BCUT2D eigenvalue weighted by Crippen LogP contribution is 2.17. The Bertz CT molecular complexity index is 404. The fourth-order valence-electron chi connectivity index (χ4n) is 1.75. The van der Waals surface area contributed by atoms with E-state index in [0.29, 0.717) is 13.1 Å². The van der Waals surface area contributed by atoms with E-state index in [-0.39, 0.29) is 5.82 Å². The van der Waals surface area contributed by atoms with Crippen molar-refractivity contribution in [1.82, 2.24) is 4.90 Å². The van der Waals surface area contributed by atoms with Crippen molar-refractivity contribution >= 4 is 5.97 Å². The lowest BCUT2D eigenvalue weighted by molar-refractivity contribution is -0.147. The van der Waals surface area contributed by atoms with Gasteiger partial charge in [0, 0.05) is 13.1 Å². The molecule has 0 bridgehead atoms. The summed E-state index contributed by atoms with van der Waals surface area (Å²) < 4.78 is 13.0. The molecule has 0 saturated carbocycles. The van der Waals surface area contributed by atoms with Crippen LogP contribution in [0, 0.1) is 11.2 Å². The first kappa shape index (κ1) is 13.6. The Kier molecular flexibility index (Phi) is 4.23. The van der Waals surface area contributed by atoms with Crippen LogP contribution in [0.4, 0.5) is 4.39 Å². The number of rotatable bonds is 5. The summed E-state index contributed by atoms with van der Waals surface area (Å²) in [5.41, 5.74) is 0.0379. The van der Waals surface area contributed by atoms with E-state index in [1.165, 1.54) is 12.1 Å². The van der Waals surface area contributed by atoms with Crippen LogP contribution < -0.4 is 0 Å². The Morgan fingerprint density at radius 3 is 2.65 bits per heavy atom. The zero-order valence-corrected chi connectivity index (χ0v) is 10.4. The molecule has 0 amide bonds. The molecule has 0 saturated heterocycles. The average molecular weight is 239 g/mol. The largest absolute Gasteiger partial charge is 0.481 e. The number of hydrogen-bond acceptors (Lipinski definition) is 2. The van der Waals surface area contributed by atoms with Crippen LogP contribution in [0.25, 0.3) is 0 Å². The summed E-state index contributed by atoms with van der Waals surface area (Å²) in [5, 5.41) is 9.01. The summed E-state index contributed by atoms with van der Waals surface area (Å²) in [4.78, 5) is 12.9. The minimum Gasteiger partial charge on any atom is -0.481 e. The molecule has 0 radical (unpaired) electrons. The predicted molar refractivity (Wildman–Crippen MR) is 64.2 cm³/mol. The lowest BCUT2D eigenvalue weighted by Gasteiger charge is -2.26. The number of carboxylic acids is 1. The molecule has 0 aromatic heterocycles. The fourth-order valence-corrected chi connectivity index (χ4v) is 1.75. The van der Waals surface area contributed by atoms with Crippen molar-refractivity contribution in [3.63, 3.8) is 0 Å². The van der Waals surface area contributed by atoms with Gasteiger partial charge in [-0.25, -0.2) is 4.39 Å². The Morgan fingerprint density at radius 1 is 1.47 bits per heavy atom. The predicted octanol–water partition coefficient (Wildman–Crippen LogP) is 2.37. The smallest absolute Gasteiger partial charge is 0.310 e. The van der Waals surface area contributed by atoms with Gasteiger partial charge < -0.3 is 10.0 Å². The van der Waals surface area contributed by atoms with E-state index in [4.69, 9.17) is 5.11 Å². The van der Waals surface area contributed by atoms with Crippen LogP contribution in [0.3, 0.4) is 0 Å². The van der Waals surface area contributed by atoms with Crippen molar-refractivity contribution < 1.29 is 14.3 Å². The maximum atomic E-state index is 13.0. The highest BCUT2D eigenvalue weighted by Gasteiger charge is 2.28. The van der Waals surface area contributed by atoms with E-state index in [2.05, 4.69) is 0 Å². The lowest BCUT2D eigenvalue weighted by atomic mass is 9.93. The van der Waals surface area contributed by atoms with Crippen LogP contribution >= 0.6 is 0 Å². The molecule has 0 unspecified atom stereocenters. The Hall–Kier alpha value is -1.42. The topological polar surface area (TPSA) is 40.5 Å². The monoisotopic (exact) mass is 239 g/mol. The summed E-state index contributed by atoms with van der Waals surface area (Å²) in [7, 11) is 1.83. The van der Waals surface area contributed by atoms with Gasteiger partial charge in [0.25, 0.3) is 0 Å². The van der Waals surface area contributed by atoms with Crippen LogP contribution in [-0.4, -0.2) is 29.6 Å². The third kappa shape index (κ3) is 4.15. The van der Waals surface area contributed by atoms with Crippen molar-refractivity contribution in [1.29, 1.82) is 0 Å². The fraction of sp³-hybridized carbons (Fsp3) is 0.462. The standard InChI is InChI=1S/C13H18FNO2/c1-13(2,12(16)17)9-15(3)8-10-5-4-6-11(14)7-10/h4-7H,8-9H2,1-3H3,(H,16,17). The average Bonchev–Trinajstić information content (AvgIpc) is 2.15. The number of carbonyl (C=O) groups is 1. The molecule has 0 spiro atoms. The molecule has 0 fully saturated rings. The van der Waals surface area contributed by atoms with E-state index in [1.807, 2.05) is 18.0 Å². The second-order valence-corrected chi connectivity index (χ2v) is 4.99. The number of benzene rings is 1. The van der Waals surface area contributed by atoms with Gasteiger partial charge in [-0.05, 0) is 38.6 Å². The minimum absolute atomic E-state index is 0.270. The van der Waals surface area contributed by atoms with Gasteiger partial charge in [-0.2, -0.15) is 0 Å². The second kappa shape index (κ2) is 5.27. The molecule has 4 heteroatoms. The summed E-state index contributed by atoms with van der Waals surface area (Å²) in [6, 6.07) is 6.34. The molecule has 1 aromatic carbocycles. The minimum atomic E-state index is -0.830. The molecule has 17 heavy (non-hydrogen) atoms. The van der Waals surface area contributed by atoms with Gasteiger partial charge >= 0.3 is 5.97 Å². The first-order valence-corrected chi connectivity index (χ1v) is 5.47. The van der Waals surface area contributed by atoms with Gasteiger partial charge in [0.15, 0.2) is 0 Å². The molecule has 3 nitrogen and oxygen atoms in total. The van der Waals surface area contributed by atoms with E-state index in [0.717, 1.165) is 5.56 Å². The molecule has 1 rings (SSSR count). The maximum Gasteiger partial charge on any atom is 0.310 e. The molecule has 0 heterocycles. The van der Waals surface area contributed by atoms with Crippen LogP contribution in [0.15, 0.2) is 24.3 Å². The number of hydrogen-bond donors (Lipinski definition) is 1. The molecule has 94 valence electrons. The first-order chi connectivity index (χ1) is 7.81. The van der Waals surface area contributed by atoms with Crippen LogP contribution in [0.1, 0.15) is 19.4 Å². The SMILES string of the molecule is CN(Cc1cccc(F)c1)CC(C)(C)C(=O)O. The molecule has 1 N–H and O–H groups in total. The Labute approximate surface area is 101 Å². The third-order valence-corrected chi connectivity index (χ3v) is 2.59. The van der Waals surface area contributed by atoms with Crippen molar-refractivity contribution in [3.8, 4) is 0 Å². The highest BCUT2D eigenvalue weighted by molar-refractivity contribution is 5.73. The van der Waals surface area contributed by atoms with E-state index < -0.39 is 11.4 Å². The summed E-state index contributed by atoms with van der Waals surface area (Å²) in [6.07, 6.45) is 0. The summed E-state index contributed by atoms with van der Waals surface area (Å²) in [6.45, 7) is 4.31. The Balaban J connectivity index is 2.61. The van der Waals surface area contributed by atoms with Crippen LogP contribution in [-0.2, 0) is 11.3 Å². The summed E-state index contributed by atoms with van der Waals surface area (Å²) >= 11 is 0. The molecular formula is C13H18FNO2. The van der Waals surface area contributed by atoms with E-state index in [1.54, 1.807) is 19.9 Å². The lowest BCUT2D eigenvalue weighted by Crippen LogP contribution is -2.36. The third-order valence-electron chi connectivity index (χ3n) is 2.59. The molecule has 1 aromatic rings. The van der Waals surface area contributed by atoms with Crippen LogP contribution in [0.5, 0.6) is 0 Å². The zero-order valence-electron chi connectivity index (χ0n) is 10.4. The number of halogens is 1. The number of nitrogens with zero attached hydrogens (tertiary/aromatic N) is 1. The number of carboxylic acid groups (broad SMARTS) is 1. The van der Waals surface area contributed by atoms with Crippen molar-refractivity contribution in [2.75, 3.05) is 13.6 Å². The van der Waals surface area contributed by atoms with Gasteiger partial charge in [-0.15, -0.1) is 0 Å². The molecule has 0 aliphatic rings. The first-order valence-electron chi connectivity index (χ1n) is 5.47. The van der Waals surface area contributed by atoms with E-state index >= 15 is 0 Å². The normalized spacial score (nSPS) is 11.8. The van der Waals surface area contributed by atoms with Crippen molar-refractivity contribution in [2.45, 2.75) is 20.4 Å². The molecule has 0 atom stereocenters. The zero-order chi connectivity index (χ0) is 13.1. The van der Waals surface area contributed by atoms with Gasteiger partial charge in [-0.1, -0.05) is 12.1 Å². The van der Waals surface area contributed by atoms with Gasteiger partial charge in [0.1, 0.15) is 5.82 Å². The Morgan fingerprint density at radius 2 is 2.12 bits per heavy atom. The molecule has 0 aliphatic heterocycles. The molecular weight excluding hydrogens is 221 g/mol. The highest BCUT2D eigenvalue weighted by atomic mass is 19.1. The van der Waals surface area contributed by atoms with Crippen molar-refractivity contribution in [2.24, 2.45) is 5.41 Å². The van der Waals surface area contributed by atoms with Crippen molar-refractivity contribution in [3.05, 3.63) is 35.6 Å². The van der Waals surface area contributed by atoms with E-state index in [9.17, 15) is 9.18 Å². The number of aliphatic carboxylic acids is 1. The second-order valence-electron chi connectivity index (χ2n) is 4.99. The van der Waals surface area contributed by atoms with Crippen LogP contribution in [0.2, 0.25) is 0 Å². The maximum absolute atomic E-state index is 13.0. The quantitative estimate of drug-likeness (QED) is 0.857. The van der Waals surface area contributed by atoms with Gasteiger partial charge in [0.05, 0.1) is 5.41 Å². The van der Waals surface area contributed by atoms with Gasteiger partial charge in [0.2, 0.25) is 0 Å².